The van der Waals surface area contributed by atoms with Crippen LogP contribution in [0.15, 0.2) is 53.4 Å². The Balaban J connectivity index is 1.55. The van der Waals surface area contributed by atoms with Gasteiger partial charge in [0.1, 0.15) is 6.61 Å². The zero-order chi connectivity index (χ0) is 18.6. The third-order valence-electron chi connectivity index (χ3n) is 5.08. The van der Waals surface area contributed by atoms with Crippen LogP contribution in [0.3, 0.4) is 0 Å². The SMILES string of the molecule is O=C1Nc2ccc(NS(=O)(=O)c3ccc4c5c(cccc35)CC4)cc2CO1. The van der Waals surface area contributed by atoms with E-state index in [1.807, 2.05) is 18.2 Å². The van der Waals surface area contributed by atoms with Gasteiger partial charge in [-0.3, -0.25) is 10.0 Å². The van der Waals surface area contributed by atoms with Crippen LogP contribution in [0, 0.1) is 0 Å². The van der Waals surface area contributed by atoms with E-state index in [-0.39, 0.29) is 11.5 Å². The van der Waals surface area contributed by atoms with Crippen molar-refractivity contribution >= 4 is 38.3 Å². The minimum Gasteiger partial charge on any atom is -0.444 e. The highest BCUT2D eigenvalue weighted by atomic mass is 32.2. The molecular formula is C20H16N2O4S. The molecule has 136 valence electrons. The van der Waals surface area contributed by atoms with Crippen LogP contribution >= 0.6 is 0 Å². The van der Waals surface area contributed by atoms with E-state index in [9.17, 15) is 13.2 Å². The molecule has 0 saturated carbocycles. The number of rotatable bonds is 3. The fourth-order valence-corrected chi connectivity index (χ4v) is 5.11. The molecule has 0 bridgehead atoms. The molecule has 6 nitrogen and oxygen atoms in total. The predicted molar refractivity (Wildman–Crippen MR) is 102 cm³/mol. The normalized spacial score (nSPS) is 15.2. The van der Waals surface area contributed by atoms with Gasteiger partial charge < -0.3 is 4.74 Å². The lowest BCUT2D eigenvalue weighted by molar-refractivity contribution is 0.151. The second kappa shape index (κ2) is 5.72. The Morgan fingerprint density at radius 1 is 0.963 bits per heavy atom. The smallest absolute Gasteiger partial charge is 0.411 e. The summed E-state index contributed by atoms with van der Waals surface area (Å²) in [6, 6.07) is 14.4. The maximum absolute atomic E-state index is 13.1. The van der Waals surface area contributed by atoms with Gasteiger partial charge in [0.25, 0.3) is 10.0 Å². The first-order valence-corrected chi connectivity index (χ1v) is 10.1. The van der Waals surface area contributed by atoms with Gasteiger partial charge in [0.2, 0.25) is 0 Å². The first kappa shape index (κ1) is 16.1. The predicted octanol–water partition coefficient (Wildman–Crippen LogP) is 3.80. The quantitative estimate of drug-likeness (QED) is 0.724. The van der Waals surface area contributed by atoms with Crippen molar-refractivity contribution in [1.82, 2.24) is 0 Å². The molecule has 1 aliphatic heterocycles. The Morgan fingerprint density at radius 3 is 2.63 bits per heavy atom. The van der Waals surface area contributed by atoms with Gasteiger partial charge in [0.05, 0.1) is 10.6 Å². The number of nitrogens with one attached hydrogen (secondary N) is 2. The molecule has 3 aromatic carbocycles. The fraction of sp³-hybridized carbons (Fsp3) is 0.150. The van der Waals surface area contributed by atoms with E-state index in [2.05, 4.69) is 16.1 Å². The lowest BCUT2D eigenvalue weighted by atomic mass is 10.1. The van der Waals surface area contributed by atoms with E-state index in [1.165, 1.54) is 11.1 Å². The Kier molecular flexibility index (Phi) is 3.42. The molecule has 1 aliphatic carbocycles. The van der Waals surface area contributed by atoms with Crippen molar-refractivity contribution in [2.24, 2.45) is 0 Å². The number of ether oxygens (including phenoxy) is 1. The van der Waals surface area contributed by atoms with Crippen LogP contribution in [0.4, 0.5) is 16.2 Å². The monoisotopic (exact) mass is 380 g/mol. The molecule has 0 aromatic heterocycles. The standard InChI is InChI=1S/C20H16N2O4S/c23-20-21-17-8-7-15(10-14(17)11-26-20)22-27(24,25)18-9-6-13-5-4-12-2-1-3-16(18)19(12)13/h1-3,6-10,22H,4-5,11H2,(H,21,23). The van der Waals surface area contributed by atoms with Crippen LogP contribution in [0.25, 0.3) is 10.8 Å². The largest absolute Gasteiger partial charge is 0.444 e. The summed E-state index contributed by atoms with van der Waals surface area (Å²) in [6.07, 6.45) is 1.38. The van der Waals surface area contributed by atoms with Crippen molar-refractivity contribution in [3.05, 3.63) is 65.2 Å². The Labute approximate surface area is 156 Å². The Hall–Kier alpha value is -3.06. The van der Waals surface area contributed by atoms with E-state index in [0.29, 0.717) is 11.4 Å². The van der Waals surface area contributed by atoms with Gasteiger partial charge in [0.15, 0.2) is 0 Å². The van der Waals surface area contributed by atoms with Crippen LogP contribution in [0.5, 0.6) is 0 Å². The van der Waals surface area contributed by atoms with Crippen LogP contribution in [0.1, 0.15) is 16.7 Å². The molecular weight excluding hydrogens is 364 g/mol. The molecule has 0 saturated heterocycles. The van der Waals surface area contributed by atoms with E-state index in [4.69, 9.17) is 4.74 Å². The first-order valence-electron chi connectivity index (χ1n) is 8.64. The number of carbonyl (C=O) groups excluding carboxylic acids is 1. The summed E-state index contributed by atoms with van der Waals surface area (Å²) in [5, 5.41) is 4.40. The van der Waals surface area contributed by atoms with Crippen LogP contribution in [0.2, 0.25) is 0 Å². The van der Waals surface area contributed by atoms with Gasteiger partial charge in [-0.1, -0.05) is 24.3 Å². The third-order valence-corrected chi connectivity index (χ3v) is 6.52. The summed E-state index contributed by atoms with van der Waals surface area (Å²) in [5.41, 5.74) is 4.16. The number of cyclic esters (lactones) is 1. The number of anilines is 2. The summed E-state index contributed by atoms with van der Waals surface area (Å²) in [6.45, 7) is 0.109. The highest BCUT2D eigenvalue weighted by Crippen LogP contribution is 2.35. The zero-order valence-electron chi connectivity index (χ0n) is 14.3. The van der Waals surface area contributed by atoms with Crippen LogP contribution < -0.4 is 10.0 Å². The number of fused-ring (bicyclic) bond motifs is 1. The maximum atomic E-state index is 13.1. The molecule has 0 fully saturated rings. The first-order chi connectivity index (χ1) is 13.0. The van der Waals surface area contributed by atoms with E-state index >= 15 is 0 Å². The van der Waals surface area contributed by atoms with E-state index in [0.717, 1.165) is 29.2 Å². The van der Waals surface area contributed by atoms with Crippen LogP contribution in [-0.4, -0.2) is 14.5 Å². The summed E-state index contributed by atoms with van der Waals surface area (Å²) >= 11 is 0. The van der Waals surface area contributed by atoms with Crippen molar-refractivity contribution in [3.8, 4) is 0 Å². The molecule has 0 radical (unpaired) electrons. The molecule has 2 aliphatic rings. The zero-order valence-corrected chi connectivity index (χ0v) is 15.1. The maximum Gasteiger partial charge on any atom is 0.411 e. The highest BCUT2D eigenvalue weighted by Gasteiger charge is 2.23. The van der Waals surface area contributed by atoms with Crippen molar-refractivity contribution < 1.29 is 17.9 Å². The summed E-state index contributed by atoms with van der Waals surface area (Å²) < 4.78 is 33.7. The van der Waals surface area contributed by atoms with Gasteiger partial charge in [-0.2, -0.15) is 0 Å². The fourth-order valence-electron chi connectivity index (χ4n) is 3.85. The Bertz CT molecular complexity index is 1210. The minimum absolute atomic E-state index is 0.109. The molecule has 5 rings (SSSR count). The summed E-state index contributed by atoms with van der Waals surface area (Å²) in [7, 11) is -3.76. The van der Waals surface area contributed by atoms with Crippen LogP contribution in [-0.2, 0) is 34.2 Å². The lowest BCUT2D eigenvalue weighted by Gasteiger charge is -2.18. The molecule has 0 spiro atoms. The van der Waals surface area contributed by atoms with Gasteiger partial charge in [-0.05, 0) is 53.6 Å². The second-order valence-corrected chi connectivity index (χ2v) is 8.39. The average Bonchev–Trinajstić information content (AvgIpc) is 3.07. The topological polar surface area (TPSA) is 84.5 Å². The molecule has 2 N–H and O–H groups in total. The minimum atomic E-state index is -3.76. The van der Waals surface area contributed by atoms with Gasteiger partial charge in [0, 0.05) is 16.6 Å². The highest BCUT2D eigenvalue weighted by molar-refractivity contribution is 7.93. The molecule has 27 heavy (non-hydrogen) atoms. The summed E-state index contributed by atoms with van der Waals surface area (Å²) in [4.78, 5) is 11.5. The number of benzene rings is 3. The van der Waals surface area contributed by atoms with E-state index < -0.39 is 16.1 Å². The van der Waals surface area contributed by atoms with Gasteiger partial charge >= 0.3 is 6.09 Å². The average molecular weight is 380 g/mol. The molecule has 0 unspecified atom stereocenters. The number of hydrogen-bond acceptors (Lipinski definition) is 4. The van der Waals surface area contributed by atoms with Crippen molar-refractivity contribution in [3.63, 3.8) is 0 Å². The number of hydrogen-bond donors (Lipinski definition) is 2. The molecule has 0 atom stereocenters. The third kappa shape index (κ3) is 2.62. The number of carbonyl (C=O) groups is 1. The lowest BCUT2D eigenvalue weighted by Crippen LogP contribution is -2.20. The molecule has 1 amide bonds. The Morgan fingerprint density at radius 2 is 1.78 bits per heavy atom. The van der Waals surface area contributed by atoms with Gasteiger partial charge in [-0.15, -0.1) is 0 Å². The number of sulfonamides is 1. The second-order valence-electron chi connectivity index (χ2n) is 6.74. The number of aryl methyl sites for hydroxylation is 2. The van der Waals surface area contributed by atoms with Crippen molar-refractivity contribution in [2.75, 3.05) is 10.0 Å². The van der Waals surface area contributed by atoms with Crippen molar-refractivity contribution in [2.45, 2.75) is 24.3 Å². The van der Waals surface area contributed by atoms with E-state index in [1.54, 1.807) is 24.3 Å². The number of amides is 1. The summed E-state index contributed by atoms with van der Waals surface area (Å²) in [5.74, 6) is 0. The van der Waals surface area contributed by atoms with Crippen molar-refractivity contribution in [1.29, 1.82) is 0 Å². The molecule has 1 heterocycles. The van der Waals surface area contributed by atoms with Gasteiger partial charge in [-0.25, -0.2) is 13.2 Å². The molecule has 7 heteroatoms. The molecule has 3 aromatic rings.